The van der Waals surface area contributed by atoms with Crippen LogP contribution in [0.4, 0.5) is 13.2 Å². The predicted octanol–water partition coefficient (Wildman–Crippen LogP) is 1.70. The topological polar surface area (TPSA) is 126 Å². The van der Waals surface area contributed by atoms with Crippen LogP contribution in [-0.4, -0.2) is 64.0 Å². The van der Waals surface area contributed by atoms with E-state index < -0.39 is 23.2 Å². The second-order valence-corrected chi connectivity index (χ2v) is 9.49. The summed E-state index contributed by atoms with van der Waals surface area (Å²) in [4.78, 5) is 31.5. The normalized spacial score (nSPS) is 23.5. The van der Waals surface area contributed by atoms with E-state index in [4.69, 9.17) is 0 Å². The summed E-state index contributed by atoms with van der Waals surface area (Å²) in [6.07, 6.45) is 0.266. The fraction of sp³-hybridized carbons (Fsp3) is 0.500. The standard InChI is InChI=1S/C22H25F3N4O3S.H2O/c23-22(24,25)15-3-1-2-14(8-15)20(31)27-10-19(30)28-16-11-29(12-16)17-4-6-21(32,7-5-17)18-9-26-13-33-18;/h1-3,8-9,13,16-17,32H,4-7,10-12H2,(H,27,31)(H,28,30);1H2/t17-,21+;. The zero-order valence-electron chi connectivity index (χ0n) is 18.3. The van der Waals surface area contributed by atoms with Gasteiger partial charge in [-0.15, -0.1) is 11.3 Å². The van der Waals surface area contributed by atoms with Crippen LogP contribution in [0.25, 0.3) is 0 Å². The van der Waals surface area contributed by atoms with Crippen LogP contribution in [0.1, 0.15) is 46.5 Å². The number of nitrogens with one attached hydrogen (secondary N) is 2. The molecule has 4 rings (SSSR count). The van der Waals surface area contributed by atoms with Crippen LogP contribution >= 0.6 is 11.3 Å². The molecule has 0 unspecified atom stereocenters. The van der Waals surface area contributed by atoms with Crippen molar-refractivity contribution in [1.82, 2.24) is 20.5 Å². The second-order valence-electron chi connectivity index (χ2n) is 8.61. The maximum absolute atomic E-state index is 12.8. The first-order valence-electron chi connectivity index (χ1n) is 10.7. The molecule has 2 aromatic rings. The molecule has 8 nitrogen and oxygen atoms in total. The van der Waals surface area contributed by atoms with Crippen molar-refractivity contribution in [1.29, 1.82) is 0 Å². The molecule has 0 atom stereocenters. The maximum atomic E-state index is 12.8. The van der Waals surface area contributed by atoms with Crippen LogP contribution in [0.2, 0.25) is 0 Å². The van der Waals surface area contributed by atoms with Crippen molar-refractivity contribution in [3.05, 3.63) is 52.0 Å². The van der Waals surface area contributed by atoms with Gasteiger partial charge in [-0.1, -0.05) is 6.07 Å². The van der Waals surface area contributed by atoms with Crippen molar-refractivity contribution in [3.8, 4) is 0 Å². The van der Waals surface area contributed by atoms with Gasteiger partial charge in [0.25, 0.3) is 5.91 Å². The van der Waals surface area contributed by atoms with Gasteiger partial charge in [-0.2, -0.15) is 13.2 Å². The highest BCUT2D eigenvalue weighted by Gasteiger charge is 2.41. The highest BCUT2D eigenvalue weighted by Crippen LogP contribution is 2.40. The lowest BCUT2D eigenvalue weighted by atomic mass is 9.80. The minimum Gasteiger partial charge on any atom is -0.412 e. The number of rotatable bonds is 6. The zero-order valence-corrected chi connectivity index (χ0v) is 19.1. The summed E-state index contributed by atoms with van der Waals surface area (Å²) in [7, 11) is 0. The van der Waals surface area contributed by atoms with Gasteiger partial charge in [0.2, 0.25) is 5.91 Å². The van der Waals surface area contributed by atoms with Gasteiger partial charge in [0, 0.05) is 30.9 Å². The molecule has 12 heteroatoms. The average Bonchev–Trinajstić information content (AvgIpc) is 3.31. The number of hydrogen-bond acceptors (Lipinski definition) is 6. The number of aromatic nitrogens is 1. The molecule has 1 aromatic heterocycles. The molecule has 0 radical (unpaired) electrons. The number of likely N-dealkylation sites (tertiary alicyclic amines) is 1. The Morgan fingerprint density at radius 1 is 1.24 bits per heavy atom. The van der Waals surface area contributed by atoms with Crippen molar-refractivity contribution in [2.75, 3.05) is 19.6 Å². The number of carbonyl (C=O) groups excluding carboxylic acids is 2. The smallest absolute Gasteiger partial charge is 0.412 e. The molecule has 5 N–H and O–H groups in total. The largest absolute Gasteiger partial charge is 0.416 e. The van der Waals surface area contributed by atoms with Gasteiger partial charge in [-0.3, -0.25) is 19.5 Å². The summed E-state index contributed by atoms with van der Waals surface area (Å²) in [5, 5.41) is 16.0. The van der Waals surface area contributed by atoms with Gasteiger partial charge in [0.05, 0.1) is 28.5 Å². The molecule has 0 bridgehead atoms. The Morgan fingerprint density at radius 3 is 2.56 bits per heavy atom. The fourth-order valence-electron chi connectivity index (χ4n) is 4.42. The number of hydrogen-bond donors (Lipinski definition) is 3. The molecule has 2 fully saturated rings. The maximum Gasteiger partial charge on any atom is 0.416 e. The number of carbonyl (C=O) groups is 2. The average molecular weight is 501 g/mol. The van der Waals surface area contributed by atoms with Crippen molar-refractivity contribution in [2.45, 2.75) is 49.5 Å². The number of thiazole rings is 1. The van der Waals surface area contributed by atoms with Crippen molar-refractivity contribution < 1.29 is 33.3 Å². The Balaban J connectivity index is 0.00000324. The van der Waals surface area contributed by atoms with E-state index >= 15 is 0 Å². The van der Waals surface area contributed by atoms with Gasteiger partial charge in [0.15, 0.2) is 0 Å². The molecular weight excluding hydrogens is 473 g/mol. The SMILES string of the molecule is O.O=C(CNC(=O)c1cccc(C(F)(F)F)c1)NC1CN([C@H]2CC[C@](O)(c3cncs3)CC2)C1. The van der Waals surface area contributed by atoms with E-state index in [1.165, 1.54) is 17.4 Å². The third kappa shape index (κ3) is 5.93. The Labute approximate surface area is 198 Å². The van der Waals surface area contributed by atoms with Crippen LogP contribution in [0.5, 0.6) is 0 Å². The van der Waals surface area contributed by atoms with E-state index in [1.54, 1.807) is 11.7 Å². The number of aliphatic hydroxyl groups is 1. The summed E-state index contributed by atoms with van der Waals surface area (Å²) in [6, 6.07) is 4.39. The molecule has 2 heterocycles. The van der Waals surface area contributed by atoms with E-state index in [0.717, 1.165) is 35.9 Å². The van der Waals surface area contributed by atoms with Gasteiger partial charge in [-0.05, 0) is 43.9 Å². The van der Waals surface area contributed by atoms with Crippen LogP contribution in [0.15, 0.2) is 36.0 Å². The molecule has 34 heavy (non-hydrogen) atoms. The first-order chi connectivity index (χ1) is 15.6. The molecule has 1 aliphatic heterocycles. The monoisotopic (exact) mass is 500 g/mol. The Hall–Kier alpha value is -2.54. The first kappa shape index (κ1) is 26.1. The summed E-state index contributed by atoms with van der Waals surface area (Å²) < 4.78 is 38.4. The lowest BCUT2D eigenvalue weighted by Crippen LogP contribution is -2.63. The third-order valence-corrected chi connectivity index (χ3v) is 7.29. The summed E-state index contributed by atoms with van der Waals surface area (Å²) >= 11 is 1.47. The van der Waals surface area contributed by atoms with E-state index in [9.17, 15) is 27.9 Å². The van der Waals surface area contributed by atoms with Crippen LogP contribution in [0, 0.1) is 0 Å². The minimum atomic E-state index is -4.54. The predicted molar refractivity (Wildman–Crippen MR) is 119 cm³/mol. The van der Waals surface area contributed by atoms with E-state index in [2.05, 4.69) is 20.5 Å². The lowest BCUT2D eigenvalue weighted by molar-refractivity contribution is -0.137. The van der Waals surface area contributed by atoms with Crippen molar-refractivity contribution >= 4 is 23.2 Å². The van der Waals surface area contributed by atoms with Gasteiger partial charge in [0.1, 0.15) is 5.60 Å². The van der Waals surface area contributed by atoms with Crippen LogP contribution in [0.3, 0.4) is 0 Å². The molecular formula is C22H27F3N4O4S. The van der Waals surface area contributed by atoms with Crippen LogP contribution in [-0.2, 0) is 16.6 Å². The van der Waals surface area contributed by atoms with Gasteiger partial charge in [-0.25, -0.2) is 0 Å². The highest BCUT2D eigenvalue weighted by molar-refractivity contribution is 7.09. The third-order valence-electron chi connectivity index (χ3n) is 6.33. The summed E-state index contributed by atoms with van der Waals surface area (Å²) in [5.41, 5.74) is -0.136. The molecule has 186 valence electrons. The van der Waals surface area contributed by atoms with E-state index in [-0.39, 0.29) is 29.5 Å². The highest BCUT2D eigenvalue weighted by atomic mass is 32.1. The molecule has 1 aliphatic carbocycles. The lowest BCUT2D eigenvalue weighted by Gasteiger charge is -2.48. The number of benzene rings is 1. The second kappa shape index (κ2) is 10.4. The molecule has 2 aliphatic rings. The first-order valence-corrected chi connectivity index (χ1v) is 11.6. The molecule has 1 saturated heterocycles. The van der Waals surface area contributed by atoms with Crippen LogP contribution < -0.4 is 10.6 Å². The molecule has 1 saturated carbocycles. The van der Waals surface area contributed by atoms with Crippen molar-refractivity contribution in [3.63, 3.8) is 0 Å². The minimum absolute atomic E-state index is 0. The summed E-state index contributed by atoms with van der Waals surface area (Å²) in [5.74, 6) is -1.12. The number of halogens is 3. The van der Waals surface area contributed by atoms with Gasteiger partial charge >= 0.3 is 6.18 Å². The molecule has 1 aromatic carbocycles. The van der Waals surface area contributed by atoms with Crippen molar-refractivity contribution in [2.24, 2.45) is 0 Å². The number of alkyl halides is 3. The number of nitrogens with zero attached hydrogens (tertiary/aromatic N) is 2. The quantitative estimate of drug-likeness (QED) is 0.557. The Kier molecular flexibility index (Phi) is 7.96. The fourth-order valence-corrected chi connectivity index (χ4v) is 5.20. The summed E-state index contributed by atoms with van der Waals surface area (Å²) in [6.45, 7) is 1.07. The van der Waals surface area contributed by atoms with E-state index in [0.29, 0.717) is 32.0 Å². The molecule has 2 amide bonds. The van der Waals surface area contributed by atoms with E-state index in [1.807, 2.05) is 0 Å². The number of amides is 2. The Morgan fingerprint density at radius 2 is 1.94 bits per heavy atom. The zero-order chi connectivity index (χ0) is 23.6. The van der Waals surface area contributed by atoms with Gasteiger partial charge < -0.3 is 21.2 Å². The molecule has 0 spiro atoms. The Bertz CT molecular complexity index is 988.